The van der Waals surface area contributed by atoms with Crippen LogP contribution in [0.1, 0.15) is 22.7 Å². The molecule has 4 heteroatoms. The smallest absolute Gasteiger partial charge is 0.115 e. The Morgan fingerprint density at radius 2 is 1.89 bits per heavy atom. The lowest BCUT2D eigenvalue weighted by molar-refractivity contribution is 0.471. The highest BCUT2D eigenvalue weighted by molar-refractivity contribution is 6.42. The van der Waals surface area contributed by atoms with Gasteiger partial charge in [-0.1, -0.05) is 35.3 Å². The number of nitrogens with one attached hydrogen (secondary N) is 1. The van der Waals surface area contributed by atoms with Crippen LogP contribution < -0.4 is 5.32 Å². The Morgan fingerprint density at radius 1 is 1.05 bits per heavy atom. The first-order valence-corrected chi connectivity index (χ1v) is 6.91. The highest BCUT2D eigenvalue weighted by Crippen LogP contribution is 2.33. The molecule has 0 spiro atoms. The summed E-state index contributed by atoms with van der Waals surface area (Å²) in [5.41, 5.74) is 3.44. The van der Waals surface area contributed by atoms with Crippen LogP contribution in [0.2, 0.25) is 10.0 Å². The Balaban J connectivity index is 2.05. The molecule has 1 atom stereocenters. The first-order valence-electron chi connectivity index (χ1n) is 6.15. The summed E-state index contributed by atoms with van der Waals surface area (Å²) in [6.07, 6.45) is 0.918. The summed E-state index contributed by atoms with van der Waals surface area (Å²) < 4.78 is 0. The van der Waals surface area contributed by atoms with Gasteiger partial charge < -0.3 is 10.4 Å². The van der Waals surface area contributed by atoms with Crippen LogP contribution in [0.4, 0.5) is 0 Å². The number of fused-ring (bicyclic) bond motifs is 1. The number of hydrogen-bond donors (Lipinski definition) is 2. The van der Waals surface area contributed by atoms with Crippen LogP contribution in [-0.4, -0.2) is 11.7 Å². The standard InChI is InChI=1S/C15H13Cl2NO/c16-13-4-1-10(8-14(13)17)15-12-3-2-11(19)7-9(12)5-6-18-15/h1-4,7-8,15,18-19H,5-6H2/t15-/m1/s1. The molecule has 0 bridgehead atoms. The van der Waals surface area contributed by atoms with Crippen molar-refractivity contribution in [3.05, 3.63) is 63.1 Å². The Kier molecular flexibility index (Phi) is 3.40. The number of benzene rings is 2. The van der Waals surface area contributed by atoms with Crippen LogP contribution >= 0.6 is 23.2 Å². The molecule has 2 aromatic carbocycles. The lowest BCUT2D eigenvalue weighted by Crippen LogP contribution is -2.30. The maximum atomic E-state index is 9.57. The third kappa shape index (κ3) is 2.44. The van der Waals surface area contributed by atoms with E-state index in [1.54, 1.807) is 6.07 Å². The fraction of sp³-hybridized carbons (Fsp3) is 0.200. The molecule has 1 heterocycles. The van der Waals surface area contributed by atoms with Crippen molar-refractivity contribution in [2.24, 2.45) is 0 Å². The number of hydrogen-bond acceptors (Lipinski definition) is 2. The van der Waals surface area contributed by atoms with Crippen molar-refractivity contribution >= 4 is 23.2 Å². The molecule has 1 aliphatic heterocycles. The Morgan fingerprint density at radius 3 is 2.68 bits per heavy atom. The van der Waals surface area contributed by atoms with Crippen molar-refractivity contribution < 1.29 is 5.11 Å². The summed E-state index contributed by atoms with van der Waals surface area (Å²) in [6, 6.07) is 11.3. The van der Waals surface area contributed by atoms with Crippen molar-refractivity contribution in [2.45, 2.75) is 12.5 Å². The molecule has 0 saturated heterocycles. The zero-order valence-corrected chi connectivity index (χ0v) is 11.7. The monoisotopic (exact) mass is 293 g/mol. The van der Waals surface area contributed by atoms with Crippen LogP contribution in [0, 0.1) is 0 Å². The van der Waals surface area contributed by atoms with Gasteiger partial charge in [-0.15, -0.1) is 0 Å². The van der Waals surface area contributed by atoms with Crippen molar-refractivity contribution in [3.8, 4) is 5.75 Å². The maximum absolute atomic E-state index is 9.57. The van der Waals surface area contributed by atoms with Crippen LogP contribution in [0.15, 0.2) is 36.4 Å². The van der Waals surface area contributed by atoms with Gasteiger partial charge in [-0.2, -0.15) is 0 Å². The van der Waals surface area contributed by atoms with E-state index in [-0.39, 0.29) is 6.04 Å². The van der Waals surface area contributed by atoms with E-state index < -0.39 is 0 Å². The molecule has 0 fully saturated rings. The minimum atomic E-state index is 0.0964. The summed E-state index contributed by atoms with van der Waals surface area (Å²) in [5.74, 6) is 0.313. The average Bonchev–Trinajstić information content (AvgIpc) is 2.41. The average molecular weight is 294 g/mol. The fourth-order valence-corrected chi connectivity index (χ4v) is 2.85. The minimum Gasteiger partial charge on any atom is -0.508 e. The second kappa shape index (κ2) is 5.04. The second-order valence-electron chi connectivity index (χ2n) is 4.69. The summed E-state index contributed by atoms with van der Waals surface area (Å²) in [7, 11) is 0. The number of phenols is 1. The molecule has 0 aromatic heterocycles. The molecule has 2 nitrogen and oxygen atoms in total. The van der Waals surface area contributed by atoms with Gasteiger partial charge in [-0.25, -0.2) is 0 Å². The lowest BCUT2D eigenvalue weighted by atomic mass is 9.90. The molecular weight excluding hydrogens is 281 g/mol. The zero-order chi connectivity index (χ0) is 13.4. The van der Waals surface area contributed by atoms with E-state index in [1.165, 1.54) is 11.1 Å². The molecule has 0 radical (unpaired) electrons. The normalized spacial score (nSPS) is 18.1. The zero-order valence-electron chi connectivity index (χ0n) is 10.2. The van der Waals surface area contributed by atoms with E-state index in [4.69, 9.17) is 23.2 Å². The molecule has 2 aromatic rings. The first-order chi connectivity index (χ1) is 9.15. The molecular formula is C15H13Cl2NO. The van der Waals surface area contributed by atoms with E-state index in [0.29, 0.717) is 15.8 Å². The summed E-state index contributed by atoms with van der Waals surface area (Å²) in [4.78, 5) is 0. The summed E-state index contributed by atoms with van der Waals surface area (Å²) in [6.45, 7) is 0.876. The predicted octanol–water partition coefficient (Wildman–Crippen LogP) is 3.93. The van der Waals surface area contributed by atoms with Crippen molar-refractivity contribution in [3.63, 3.8) is 0 Å². The van der Waals surface area contributed by atoms with Crippen molar-refractivity contribution in [2.75, 3.05) is 6.54 Å². The highest BCUT2D eigenvalue weighted by Gasteiger charge is 2.21. The molecule has 0 amide bonds. The predicted molar refractivity (Wildman–Crippen MR) is 78.1 cm³/mol. The molecule has 0 aliphatic carbocycles. The molecule has 0 saturated carbocycles. The Bertz CT molecular complexity index is 628. The third-order valence-electron chi connectivity index (χ3n) is 3.46. The molecule has 3 rings (SSSR count). The van der Waals surface area contributed by atoms with Gasteiger partial charge in [0.25, 0.3) is 0 Å². The van der Waals surface area contributed by atoms with Crippen LogP contribution in [-0.2, 0) is 6.42 Å². The van der Waals surface area contributed by atoms with Crippen molar-refractivity contribution in [1.82, 2.24) is 5.32 Å². The quantitative estimate of drug-likeness (QED) is 0.835. The topological polar surface area (TPSA) is 32.3 Å². The molecule has 1 aliphatic rings. The van der Waals surface area contributed by atoms with Gasteiger partial charge in [-0.3, -0.25) is 0 Å². The summed E-state index contributed by atoms with van der Waals surface area (Å²) >= 11 is 12.0. The molecule has 19 heavy (non-hydrogen) atoms. The van der Waals surface area contributed by atoms with Gasteiger partial charge in [0.15, 0.2) is 0 Å². The van der Waals surface area contributed by atoms with E-state index in [1.807, 2.05) is 30.3 Å². The fourth-order valence-electron chi connectivity index (χ4n) is 2.54. The largest absolute Gasteiger partial charge is 0.508 e. The SMILES string of the molecule is Oc1ccc2c(c1)CCN[C@@H]2c1ccc(Cl)c(Cl)c1. The highest BCUT2D eigenvalue weighted by atomic mass is 35.5. The van der Waals surface area contributed by atoms with Gasteiger partial charge in [0.2, 0.25) is 0 Å². The second-order valence-corrected chi connectivity index (χ2v) is 5.51. The Labute approximate surface area is 122 Å². The van der Waals surface area contributed by atoms with E-state index in [0.717, 1.165) is 18.5 Å². The summed E-state index contributed by atoms with van der Waals surface area (Å²) in [5, 5.41) is 14.2. The first kappa shape index (κ1) is 12.8. The molecule has 2 N–H and O–H groups in total. The van der Waals surface area contributed by atoms with Gasteiger partial charge in [0.1, 0.15) is 5.75 Å². The number of halogens is 2. The number of phenolic OH excluding ortho intramolecular Hbond substituents is 1. The van der Waals surface area contributed by atoms with Gasteiger partial charge in [0.05, 0.1) is 16.1 Å². The minimum absolute atomic E-state index is 0.0964. The van der Waals surface area contributed by atoms with Gasteiger partial charge in [0, 0.05) is 6.54 Å². The van der Waals surface area contributed by atoms with Crippen LogP contribution in [0.25, 0.3) is 0 Å². The number of rotatable bonds is 1. The van der Waals surface area contributed by atoms with Crippen LogP contribution in [0.3, 0.4) is 0 Å². The molecule has 0 unspecified atom stereocenters. The maximum Gasteiger partial charge on any atom is 0.115 e. The Hall–Kier alpha value is -1.22. The van der Waals surface area contributed by atoms with E-state index >= 15 is 0 Å². The third-order valence-corrected chi connectivity index (χ3v) is 4.20. The number of aromatic hydroxyl groups is 1. The van der Waals surface area contributed by atoms with Gasteiger partial charge in [-0.05, 0) is 47.4 Å². The van der Waals surface area contributed by atoms with E-state index in [2.05, 4.69) is 5.32 Å². The van der Waals surface area contributed by atoms with E-state index in [9.17, 15) is 5.11 Å². The molecule has 98 valence electrons. The lowest BCUT2D eigenvalue weighted by Gasteiger charge is -2.27. The van der Waals surface area contributed by atoms with Gasteiger partial charge >= 0.3 is 0 Å². The van der Waals surface area contributed by atoms with Crippen LogP contribution in [0.5, 0.6) is 5.75 Å². The van der Waals surface area contributed by atoms with Crippen molar-refractivity contribution in [1.29, 1.82) is 0 Å².